The van der Waals surface area contributed by atoms with Crippen molar-refractivity contribution in [1.29, 1.82) is 0 Å². The highest BCUT2D eigenvalue weighted by molar-refractivity contribution is 6.12. The van der Waals surface area contributed by atoms with Crippen LogP contribution >= 0.6 is 0 Å². The van der Waals surface area contributed by atoms with Crippen molar-refractivity contribution in [2.24, 2.45) is 11.8 Å². The third-order valence-electron chi connectivity index (χ3n) is 4.36. The summed E-state index contributed by atoms with van der Waals surface area (Å²) in [4.78, 5) is 51.0. The first-order valence-electron chi connectivity index (χ1n) is 9.51. The van der Waals surface area contributed by atoms with Crippen molar-refractivity contribution >= 4 is 23.5 Å². The molecule has 29 heavy (non-hydrogen) atoms. The number of esters is 2. The van der Waals surface area contributed by atoms with E-state index < -0.39 is 35.3 Å². The lowest BCUT2D eigenvalue weighted by atomic mass is 9.84. The molecule has 0 saturated carbocycles. The van der Waals surface area contributed by atoms with Gasteiger partial charge < -0.3 is 9.47 Å². The van der Waals surface area contributed by atoms with Crippen LogP contribution in [0.3, 0.4) is 0 Å². The van der Waals surface area contributed by atoms with Crippen LogP contribution in [0.1, 0.15) is 41.0 Å². The van der Waals surface area contributed by atoms with E-state index in [-0.39, 0.29) is 19.6 Å². The Hall–Kier alpha value is -3.28. The van der Waals surface area contributed by atoms with Crippen LogP contribution in [-0.2, 0) is 19.1 Å². The molecular formula is C23H24O6. The van der Waals surface area contributed by atoms with E-state index in [1.807, 2.05) is 0 Å². The van der Waals surface area contributed by atoms with Gasteiger partial charge in [0.05, 0.1) is 13.2 Å². The molecule has 0 aliphatic heterocycles. The molecule has 0 bridgehead atoms. The largest absolute Gasteiger partial charge is 0.465 e. The Morgan fingerprint density at radius 3 is 1.31 bits per heavy atom. The van der Waals surface area contributed by atoms with Crippen LogP contribution in [0.5, 0.6) is 0 Å². The number of carbonyl (C=O) groups is 4. The highest BCUT2D eigenvalue weighted by Crippen LogP contribution is 2.24. The number of hydrogen-bond donors (Lipinski definition) is 0. The smallest absolute Gasteiger partial charge is 0.316 e. The Bertz CT molecular complexity index is 773. The monoisotopic (exact) mass is 396 g/mol. The Kier molecular flexibility index (Phi) is 8.27. The van der Waals surface area contributed by atoms with Gasteiger partial charge in [-0.25, -0.2) is 0 Å². The molecule has 0 aliphatic rings. The van der Waals surface area contributed by atoms with Crippen LogP contribution in [0.15, 0.2) is 60.7 Å². The van der Waals surface area contributed by atoms with Crippen LogP contribution < -0.4 is 0 Å². The van der Waals surface area contributed by atoms with Gasteiger partial charge in [-0.2, -0.15) is 0 Å². The van der Waals surface area contributed by atoms with E-state index in [2.05, 4.69) is 0 Å². The predicted octanol–water partition coefficient (Wildman–Crippen LogP) is 3.50. The number of ether oxygens (including phenoxy) is 2. The molecule has 0 fully saturated rings. The molecule has 0 saturated heterocycles. The zero-order chi connectivity index (χ0) is 21.2. The second kappa shape index (κ2) is 10.9. The molecule has 0 heterocycles. The van der Waals surface area contributed by atoms with Gasteiger partial charge in [-0.3, -0.25) is 19.2 Å². The number of carbonyl (C=O) groups excluding carboxylic acids is 4. The van der Waals surface area contributed by atoms with Crippen LogP contribution in [0, 0.1) is 11.8 Å². The van der Waals surface area contributed by atoms with Gasteiger partial charge in [-0.1, -0.05) is 60.7 Å². The van der Waals surface area contributed by atoms with Gasteiger partial charge in [0.2, 0.25) is 0 Å². The molecule has 6 heteroatoms. The fourth-order valence-electron chi connectivity index (χ4n) is 2.95. The molecule has 0 N–H and O–H groups in total. The summed E-state index contributed by atoms with van der Waals surface area (Å²) in [5.74, 6) is -5.12. The van der Waals surface area contributed by atoms with E-state index in [4.69, 9.17) is 9.47 Å². The summed E-state index contributed by atoms with van der Waals surface area (Å²) in [6.45, 7) is 3.40. The average Bonchev–Trinajstić information content (AvgIpc) is 2.75. The first-order chi connectivity index (χ1) is 14.0. The van der Waals surface area contributed by atoms with Crippen molar-refractivity contribution in [3.05, 3.63) is 71.8 Å². The number of ketones is 2. The van der Waals surface area contributed by atoms with Crippen molar-refractivity contribution in [1.82, 2.24) is 0 Å². The van der Waals surface area contributed by atoms with Crippen molar-refractivity contribution in [2.45, 2.75) is 20.3 Å². The van der Waals surface area contributed by atoms with Gasteiger partial charge in [-0.15, -0.1) is 0 Å². The van der Waals surface area contributed by atoms with E-state index in [1.165, 1.54) is 0 Å². The fourth-order valence-corrected chi connectivity index (χ4v) is 2.95. The Labute approximate surface area is 169 Å². The minimum atomic E-state index is -1.29. The van der Waals surface area contributed by atoms with E-state index in [1.54, 1.807) is 74.5 Å². The number of Topliss-reactive ketones (excluding diaryl/α,β-unsaturated/α-hetero) is 2. The van der Waals surface area contributed by atoms with E-state index in [0.717, 1.165) is 0 Å². The average molecular weight is 396 g/mol. The maximum atomic E-state index is 13.0. The molecule has 6 nitrogen and oxygen atoms in total. The number of hydrogen-bond acceptors (Lipinski definition) is 6. The summed E-state index contributed by atoms with van der Waals surface area (Å²) in [5.41, 5.74) is 0.612. The zero-order valence-corrected chi connectivity index (χ0v) is 16.5. The summed E-state index contributed by atoms with van der Waals surface area (Å²) >= 11 is 0. The number of benzene rings is 2. The van der Waals surface area contributed by atoms with Gasteiger partial charge in [0.25, 0.3) is 0 Å². The van der Waals surface area contributed by atoms with Crippen LogP contribution in [0.2, 0.25) is 0 Å². The third kappa shape index (κ3) is 5.85. The van der Waals surface area contributed by atoms with Crippen molar-refractivity contribution in [3.63, 3.8) is 0 Å². The molecule has 2 atom stereocenters. The lowest BCUT2D eigenvalue weighted by Crippen LogP contribution is -2.35. The Balaban J connectivity index is 2.38. The molecule has 0 spiro atoms. The summed E-state index contributed by atoms with van der Waals surface area (Å²) in [6, 6.07) is 16.5. The van der Waals surface area contributed by atoms with Gasteiger partial charge in [0.15, 0.2) is 11.6 Å². The molecule has 0 aliphatic carbocycles. The predicted molar refractivity (Wildman–Crippen MR) is 106 cm³/mol. The second-order valence-corrected chi connectivity index (χ2v) is 6.31. The molecule has 0 aromatic heterocycles. The zero-order valence-electron chi connectivity index (χ0n) is 16.5. The highest BCUT2D eigenvalue weighted by atomic mass is 16.5. The molecule has 152 valence electrons. The van der Waals surface area contributed by atoms with E-state index in [0.29, 0.717) is 11.1 Å². The molecule has 0 unspecified atom stereocenters. The topological polar surface area (TPSA) is 86.7 Å². The van der Waals surface area contributed by atoms with Gasteiger partial charge in [0, 0.05) is 11.1 Å². The summed E-state index contributed by atoms with van der Waals surface area (Å²) < 4.78 is 10.1. The van der Waals surface area contributed by atoms with Gasteiger partial charge >= 0.3 is 11.9 Å². The lowest BCUT2D eigenvalue weighted by Gasteiger charge is -2.20. The molecule has 2 aromatic carbocycles. The molecular weight excluding hydrogens is 372 g/mol. The summed E-state index contributed by atoms with van der Waals surface area (Å²) in [6.07, 6.45) is -0.320. The van der Waals surface area contributed by atoms with E-state index in [9.17, 15) is 19.2 Å². The molecule has 2 aromatic rings. The second-order valence-electron chi connectivity index (χ2n) is 6.31. The molecule has 0 amide bonds. The van der Waals surface area contributed by atoms with Gasteiger partial charge in [0.1, 0.15) is 11.8 Å². The normalized spacial score (nSPS) is 12.5. The SMILES string of the molecule is CCOC(=O)[C@H](C[C@@H](C(=O)OCC)C(=O)c1ccccc1)C(=O)c1ccccc1. The minimum absolute atomic E-state index is 0.0775. The lowest BCUT2D eigenvalue weighted by molar-refractivity contribution is -0.149. The Morgan fingerprint density at radius 2 is 1.00 bits per heavy atom. The van der Waals surface area contributed by atoms with Crippen LogP contribution in [-0.4, -0.2) is 36.7 Å². The number of rotatable bonds is 10. The van der Waals surface area contributed by atoms with Crippen molar-refractivity contribution in [2.75, 3.05) is 13.2 Å². The maximum Gasteiger partial charge on any atom is 0.316 e. The minimum Gasteiger partial charge on any atom is -0.465 e. The highest BCUT2D eigenvalue weighted by Gasteiger charge is 2.38. The first kappa shape index (κ1) is 22.0. The molecule has 0 radical (unpaired) electrons. The van der Waals surface area contributed by atoms with Crippen molar-refractivity contribution in [3.8, 4) is 0 Å². The van der Waals surface area contributed by atoms with Crippen LogP contribution in [0.4, 0.5) is 0 Å². The Morgan fingerprint density at radius 1 is 0.655 bits per heavy atom. The standard InChI is InChI=1S/C23H24O6/c1-3-28-22(26)18(20(24)16-11-7-5-8-12-16)15-19(23(27)29-4-2)21(25)17-13-9-6-10-14-17/h5-14,18-19H,3-4,15H2,1-2H3/t18-,19-/m1/s1. The summed E-state index contributed by atoms with van der Waals surface area (Å²) in [5, 5.41) is 0. The first-order valence-corrected chi connectivity index (χ1v) is 9.51. The van der Waals surface area contributed by atoms with E-state index >= 15 is 0 Å². The van der Waals surface area contributed by atoms with Gasteiger partial charge in [-0.05, 0) is 20.3 Å². The van der Waals surface area contributed by atoms with Crippen LogP contribution in [0.25, 0.3) is 0 Å². The van der Waals surface area contributed by atoms with Crippen molar-refractivity contribution < 1.29 is 28.7 Å². The maximum absolute atomic E-state index is 13.0. The quantitative estimate of drug-likeness (QED) is 0.347. The third-order valence-corrected chi connectivity index (χ3v) is 4.36. The fraction of sp³-hybridized carbons (Fsp3) is 0.304. The molecule has 2 rings (SSSR count). The summed E-state index contributed by atoms with van der Waals surface area (Å²) in [7, 11) is 0.